The molecule has 1 heterocycles. The van der Waals surface area contributed by atoms with Crippen molar-refractivity contribution in [3.8, 4) is 0 Å². The maximum absolute atomic E-state index is 11.7. The van der Waals surface area contributed by atoms with Gasteiger partial charge in [0.25, 0.3) is 5.56 Å². The molecule has 0 atom stereocenters. The first kappa shape index (κ1) is 13.0. The van der Waals surface area contributed by atoms with E-state index in [0.717, 1.165) is 4.47 Å². The van der Waals surface area contributed by atoms with Gasteiger partial charge in [0.2, 0.25) is 0 Å². The van der Waals surface area contributed by atoms with Gasteiger partial charge >= 0.3 is 5.97 Å². The van der Waals surface area contributed by atoms with Crippen LogP contribution in [0.5, 0.6) is 0 Å². The van der Waals surface area contributed by atoms with E-state index in [9.17, 15) is 9.59 Å². The fourth-order valence-electron chi connectivity index (χ4n) is 1.40. The molecule has 0 aliphatic carbocycles. The summed E-state index contributed by atoms with van der Waals surface area (Å²) < 4.78 is 6.99. The van der Waals surface area contributed by atoms with Gasteiger partial charge in [-0.3, -0.25) is 9.59 Å². The molecular formula is C11H14BrNO3. The summed E-state index contributed by atoms with van der Waals surface area (Å²) in [7, 11) is 1.36. The molecule has 0 unspecified atom stereocenters. The average molecular weight is 288 g/mol. The van der Waals surface area contributed by atoms with Gasteiger partial charge in [-0.15, -0.1) is 0 Å². The molecule has 1 rings (SSSR count). The Morgan fingerprint density at radius 2 is 2.25 bits per heavy atom. The summed E-state index contributed by atoms with van der Waals surface area (Å²) in [5.74, 6) is -0.250. The Morgan fingerprint density at radius 1 is 1.56 bits per heavy atom. The van der Waals surface area contributed by atoms with E-state index >= 15 is 0 Å². The van der Waals surface area contributed by atoms with Gasteiger partial charge in [0.05, 0.1) is 7.11 Å². The second-order valence-electron chi connectivity index (χ2n) is 3.52. The van der Waals surface area contributed by atoms with E-state index < -0.39 is 0 Å². The van der Waals surface area contributed by atoms with Gasteiger partial charge in [0.1, 0.15) is 0 Å². The van der Waals surface area contributed by atoms with Gasteiger partial charge in [0.15, 0.2) is 0 Å². The normalized spacial score (nSPS) is 10.2. The van der Waals surface area contributed by atoms with Crippen molar-refractivity contribution in [1.29, 1.82) is 0 Å². The van der Waals surface area contributed by atoms with Crippen molar-refractivity contribution in [1.82, 2.24) is 4.57 Å². The summed E-state index contributed by atoms with van der Waals surface area (Å²) >= 11 is 3.33. The average Bonchev–Trinajstić information content (AvgIpc) is 2.24. The summed E-state index contributed by atoms with van der Waals surface area (Å²) in [6.45, 7) is 2.29. The zero-order valence-corrected chi connectivity index (χ0v) is 10.9. The van der Waals surface area contributed by atoms with Crippen molar-refractivity contribution in [2.75, 3.05) is 7.11 Å². The number of halogens is 1. The smallest absolute Gasteiger partial charge is 0.305 e. The SMILES string of the molecule is COC(=O)CCCn1cc(Br)cc(C)c1=O. The Morgan fingerprint density at radius 3 is 2.88 bits per heavy atom. The van der Waals surface area contributed by atoms with Crippen molar-refractivity contribution in [3.63, 3.8) is 0 Å². The minimum absolute atomic E-state index is 0.0203. The highest BCUT2D eigenvalue weighted by atomic mass is 79.9. The van der Waals surface area contributed by atoms with Crippen molar-refractivity contribution < 1.29 is 9.53 Å². The lowest BCUT2D eigenvalue weighted by Crippen LogP contribution is -2.22. The van der Waals surface area contributed by atoms with Crippen LogP contribution in [0.15, 0.2) is 21.5 Å². The van der Waals surface area contributed by atoms with Crippen LogP contribution in [0.25, 0.3) is 0 Å². The summed E-state index contributed by atoms with van der Waals surface area (Å²) in [4.78, 5) is 22.6. The fourth-order valence-corrected chi connectivity index (χ4v) is 1.99. The standard InChI is InChI=1S/C11H14BrNO3/c1-8-6-9(12)7-13(11(8)15)5-3-4-10(14)16-2/h6-7H,3-5H2,1-2H3. The molecule has 0 aromatic carbocycles. The van der Waals surface area contributed by atoms with Crippen LogP contribution in [-0.2, 0) is 16.1 Å². The zero-order chi connectivity index (χ0) is 12.1. The van der Waals surface area contributed by atoms with Crippen LogP contribution in [0.1, 0.15) is 18.4 Å². The number of hydrogen-bond donors (Lipinski definition) is 0. The number of aromatic nitrogens is 1. The molecule has 1 aromatic rings. The second kappa shape index (κ2) is 5.84. The number of ether oxygens (including phenoxy) is 1. The van der Waals surface area contributed by atoms with E-state index in [-0.39, 0.29) is 11.5 Å². The molecule has 0 bridgehead atoms. The molecule has 0 aliphatic heterocycles. The molecule has 16 heavy (non-hydrogen) atoms. The first-order chi connectivity index (χ1) is 7.54. The topological polar surface area (TPSA) is 48.3 Å². The summed E-state index contributed by atoms with van der Waals surface area (Å²) in [6, 6.07) is 1.78. The first-order valence-corrected chi connectivity index (χ1v) is 5.77. The highest BCUT2D eigenvalue weighted by Crippen LogP contribution is 2.08. The predicted octanol–water partition coefficient (Wildman–Crippen LogP) is 1.87. The second-order valence-corrected chi connectivity index (χ2v) is 4.44. The highest BCUT2D eigenvalue weighted by Gasteiger charge is 2.04. The van der Waals surface area contributed by atoms with E-state index in [1.165, 1.54) is 7.11 Å². The summed E-state index contributed by atoms with van der Waals surface area (Å²) in [5, 5.41) is 0. The third-order valence-corrected chi connectivity index (χ3v) is 2.67. The van der Waals surface area contributed by atoms with Crippen molar-refractivity contribution in [2.45, 2.75) is 26.3 Å². The van der Waals surface area contributed by atoms with Gasteiger partial charge in [0, 0.05) is 29.2 Å². The van der Waals surface area contributed by atoms with E-state index in [0.29, 0.717) is 24.9 Å². The summed E-state index contributed by atoms with van der Waals surface area (Å²) in [6.07, 6.45) is 2.66. The zero-order valence-electron chi connectivity index (χ0n) is 9.33. The van der Waals surface area contributed by atoms with Crippen LogP contribution < -0.4 is 5.56 Å². The number of pyridine rings is 1. The molecule has 4 nitrogen and oxygen atoms in total. The van der Waals surface area contributed by atoms with Gasteiger partial charge in [-0.2, -0.15) is 0 Å². The highest BCUT2D eigenvalue weighted by molar-refractivity contribution is 9.10. The van der Waals surface area contributed by atoms with Crippen LogP contribution in [0, 0.1) is 6.92 Å². The quantitative estimate of drug-likeness (QED) is 0.795. The number of carbonyl (C=O) groups excluding carboxylic acids is 1. The van der Waals surface area contributed by atoms with Crippen LogP contribution in [0.2, 0.25) is 0 Å². The van der Waals surface area contributed by atoms with E-state index in [2.05, 4.69) is 20.7 Å². The number of rotatable bonds is 4. The molecule has 0 fully saturated rings. The lowest BCUT2D eigenvalue weighted by atomic mass is 10.3. The van der Waals surface area contributed by atoms with Crippen molar-refractivity contribution in [2.24, 2.45) is 0 Å². The Kier molecular flexibility index (Phi) is 4.73. The third kappa shape index (κ3) is 3.48. The number of carbonyl (C=O) groups is 1. The van der Waals surface area contributed by atoms with Gasteiger partial charge in [-0.05, 0) is 35.3 Å². The Balaban J connectivity index is 2.67. The van der Waals surface area contributed by atoms with Gasteiger partial charge in [-0.25, -0.2) is 0 Å². The lowest BCUT2D eigenvalue weighted by Gasteiger charge is -2.07. The van der Waals surface area contributed by atoms with Crippen LogP contribution in [0.4, 0.5) is 0 Å². The van der Waals surface area contributed by atoms with E-state index in [1.54, 1.807) is 23.8 Å². The van der Waals surface area contributed by atoms with Crippen LogP contribution >= 0.6 is 15.9 Å². The maximum Gasteiger partial charge on any atom is 0.305 e. The molecule has 5 heteroatoms. The van der Waals surface area contributed by atoms with Crippen LogP contribution in [0.3, 0.4) is 0 Å². The molecule has 0 radical (unpaired) electrons. The Hall–Kier alpha value is -1.10. The van der Waals surface area contributed by atoms with Gasteiger partial charge in [-0.1, -0.05) is 0 Å². The molecule has 1 aromatic heterocycles. The third-order valence-electron chi connectivity index (χ3n) is 2.24. The van der Waals surface area contributed by atoms with Crippen molar-refractivity contribution >= 4 is 21.9 Å². The van der Waals surface area contributed by atoms with E-state index in [1.807, 2.05) is 0 Å². The molecule has 0 saturated carbocycles. The largest absolute Gasteiger partial charge is 0.469 e. The molecule has 0 amide bonds. The molecule has 0 spiro atoms. The molecule has 88 valence electrons. The van der Waals surface area contributed by atoms with E-state index in [4.69, 9.17) is 0 Å². The number of hydrogen-bond acceptors (Lipinski definition) is 3. The molecule has 0 aliphatic rings. The predicted molar refractivity (Wildman–Crippen MR) is 64.4 cm³/mol. The molecule has 0 saturated heterocycles. The van der Waals surface area contributed by atoms with Gasteiger partial charge < -0.3 is 9.30 Å². The Labute approximate surface area is 102 Å². The maximum atomic E-state index is 11.7. The lowest BCUT2D eigenvalue weighted by molar-refractivity contribution is -0.140. The molecule has 0 N–H and O–H groups in total. The number of aryl methyl sites for hydroxylation is 2. The van der Waals surface area contributed by atoms with Crippen molar-refractivity contribution in [3.05, 3.63) is 32.7 Å². The number of nitrogens with zero attached hydrogens (tertiary/aromatic N) is 1. The minimum Gasteiger partial charge on any atom is -0.469 e. The Bertz CT molecular complexity index is 439. The first-order valence-electron chi connectivity index (χ1n) is 4.98. The number of esters is 1. The summed E-state index contributed by atoms with van der Waals surface area (Å²) in [5.41, 5.74) is 0.667. The molecular weight excluding hydrogens is 274 g/mol. The fraction of sp³-hybridized carbons (Fsp3) is 0.455. The minimum atomic E-state index is -0.250. The van der Waals surface area contributed by atoms with Crippen LogP contribution in [-0.4, -0.2) is 17.6 Å². The number of methoxy groups -OCH3 is 1. The monoisotopic (exact) mass is 287 g/mol.